The van der Waals surface area contributed by atoms with E-state index in [9.17, 15) is 14.9 Å². The molecular formula is C7H8N2O3S. The van der Waals surface area contributed by atoms with Gasteiger partial charge < -0.3 is 4.57 Å². The molecule has 1 aromatic rings. The first kappa shape index (κ1) is 9.79. The van der Waals surface area contributed by atoms with Crippen molar-refractivity contribution in [1.82, 2.24) is 4.57 Å². The van der Waals surface area contributed by atoms with Gasteiger partial charge in [0.15, 0.2) is 0 Å². The number of pyridine rings is 1. The highest BCUT2D eigenvalue weighted by Gasteiger charge is 2.10. The summed E-state index contributed by atoms with van der Waals surface area (Å²) >= 11 is 3.98. The second-order valence-electron chi connectivity index (χ2n) is 2.41. The highest BCUT2D eigenvalue weighted by atomic mass is 32.1. The smallest absolute Gasteiger partial charge is 0.332 e. The normalized spacial score (nSPS) is 9.92. The molecule has 0 aromatic carbocycles. The minimum Gasteiger partial charge on any atom is -0.347 e. The molecule has 6 heteroatoms. The molecule has 0 unspecified atom stereocenters. The Kier molecular flexibility index (Phi) is 3.07. The maximum absolute atomic E-state index is 10.9. The van der Waals surface area contributed by atoms with Crippen molar-refractivity contribution >= 4 is 18.3 Å². The lowest BCUT2D eigenvalue weighted by Crippen LogP contribution is -2.11. The second kappa shape index (κ2) is 4.08. The van der Waals surface area contributed by atoms with Gasteiger partial charge in [0.2, 0.25) is 0 Å². The predicted molar refractivity (Wildman–Crippen MR) is 51.2 cm³/mol. The van der Waals surface area contributed by atoms with Gasteiger partial charge in [-0.2, -0.15) is 12.6 Å². The fourth-order valence-corrected chi connectivity index (χ4v) is 1.14. The van der Waals surface area contributed by atoms with Gasteiger partial charge in [0, 0.05) is 24.6 Å². The Balaban J connectivity index is 3.11. The van der Waals surface area contributed by atoms with Crippen molar-refractivity contribution in [3.05, 3.63) is 38.8 Å². The average Bonchev–Trinajstić information content (AvgIpc) is 2.08. The van der Waals surface area contributed by atoms with E-state index >= 15 is 0 Å². The van der Waals surface area contributed by atoms with E-state index in [2.05, 4.69) is 12.6 Å². The van der Waals surface area contributed by atoms with Crippen LogP contribution in [0.15, 0.2) is 23.3 Å². The molecule has 0 bridgehead atoms. The molecule has 0 N–H and O–H groups in total. The lowest BCUT2D eigenvalue weighted by Gasteiger charge is -2.01. The van der Waals surface area contributed by atoms with E-state index in [0.29, 0.717) is 12.3 Å². The van der Waals surface area contributed by atoms with E-state index in [-0.39, 0.29) is 0 Å². The maximum atomic E-state index is 10.9. The summed E-state index contributed by atoms with van der Waals surface area (Å²) in [4.78, 5) is 20.6. The van der Waals surface area contributed by atoms with Gasteiger partial charge >= 0.3 is 5.69 Å². The maximum Gasteiger partial charge on any atom is 0.332 e. The van der Waals surface area contributed by atoms with Gasteiger partial charge in [0.05, 0.1) is 11.1 Å². The lowest BCUT2D eigenvalue weighted by molar-refractivity contribution is -0.386. The molecule has 0 amide bonds. The number of aromatic nitrogens is 1. The van der Waals surface area contributed by atoms with Crippen LogP contribution >= 0.6 is 12.6 Å². The number of nitro groups is 1. The number of hydrogen-bond donors (Lipinski definition) is 1. The van der Waals surface area contributed by atoms with E-state index < -0.39 is 16.0 Å². The number of hydrogen-bond acceptors (Lipinski definition) is 4. The van der Waals surface area contributed by atoms with Crippen LogP contribution in [0.5, 0.6) is 0 Å². The molecule has 13 heavy (non-hydrogen) atoms. The van der Waals surface area contributed by atoms with Crippen LogP contribution in [0.4, 0.5) is 5.69 Å². The van der Waals surface area contributed by atoms with Crippen LogP contribution in [0.1, 0.15) is 0 Å². The SMILES string of the molecule is O=c1ccn(CCS)cc1[N+](=O)[O-]. The Morgan fingerprint density at radius 1 is 1.62 bits per heavy atom. The van der Waals surface area contributed by atoms with Crippen molar-refractivity contribution in [2.75, 3.05) is 5.75 Å². The zero-order valence-corrected chi connectivity index (χ0v) is 7.61. The molecule has 0 radical (unpaired) electrons. The molecule has 0 aliphatic carbocycles. The quantitative estimate of drug-likeness (QED) is 0.443. The first-order valence-electron chi connectivity index (χ1n) is 3.60. The second-order valence-corrected chi connectivity index (χ2v) is 2.86. The van der Waals surface area contributed by atoms with E-state index in [1.54, 1.807) is 4.57 Å². The van der Waals surface area contributed by atoms with Crippen molar-refractivity contribution in [2.24, 2.45) is 0 Å². The third kappa shape index (κ3) is 2.32. The summed E-state index contributed by atoms with van der Waals surface area (Å²) in [6, 6.07) is 1.18. The zero-order valence-electron chi connectivity index (χ0n) is 6.71. The molecule has 0 fully saturated rings. The monoisotopic (exact) mass is 200 g/mol. The highest BCUT2D eigenvalue weighted by molar-refractivity contribution is 7.80. The summed E-state index contributed by atoms with van der Waals surface area (Å²) in [5, 5.41) is 10.4. The molecule has 0 saturated heterocycles. The van der Waals surface area contributed by atoms with E-state index in [0.717, 1.165) is 0 Å². The van der Waals surface area contributed by atoms with Gasteiger partial charge in [-0.25, -0.2) is 0 Å². The fraction of sp³-hybridized carbons (Fsp3) is 0.286. The molecule has 0 atom stereocenters. The molecular weight excluding hydrogens is 192 g/mol. The van der Waals surface area contributed by atoms with Gasteiger partial charge in [-0.3, -0.25) is 14.9 Å². The van der Waals surface area contributed by atoms with Crippen molar-refractivity contribution in [1.29, 1.82) is 0 Å². The molecule has 1 rings (SSSR count). The van der Waals surface area contributed by atoms with Crippen LogP contribution in [-0.4, -0.2) is 15.2 Å². The van der Waals surface area contributed by atoms with Crippen LogP contribution in [0, 0.1) is 10.1 Å². The van der Waals surface area contributed by atoms with Crippen molar-refractivity contribution in [2.45, 2.75) is 6.54 Å². The van der Waals surface area contributed by atoms with Crippen LogP contribution in [-0.2, 0) is 6.54 Å². The van der Waals surface area contributed by atoms with Gasteiger partial charge in [0.25, 0.3) is 5.43 Å². The summed E-state index contributed by atoms with van der Waals surface area (Å²) in [7, 11) is 0. The first-order valence-corrected chi connectivity index (χ1v) is 4.23. The molecule has 1 heterocycles. The lowest BCUT2D eigenvalue weighted by atomic mass is 10.4. The summed E-state index contributed by atoms with van der Waals surface area (Å²) in [6.45, 7) is 0.546. The predicted octanol–water partition coefficient (Wildman–Crippen LogP) is 0.686. The largest absolute Gasteiger partial charge is 0.347 e. The van der Waals surface area contributed by atoms with Gasteiger partial charge in [-0.15, -0.1) is 0 Å². The van der Waals surface area contributed by atoms with Crippen LogP contribution in [0.3, 0.4) is 0 Å². The molecule has 5 nitrogen and oxygen atoms in total. The van der Waals surface area contributed by atoms with Crippen LogP contribution < -0.4 is 5.43 Å². The van der Waals surface area contributed by atoms with E-state index in [1.807, 2.05) is 0 Å². The van der Waals surface area contributed by atoms with Crippen LogP contribution in [0.25, 0.3) is 0 Å². The first-order chi connectivity index (χ1) is 6.15. The summed E-state index contributed by atoms with van der Waals surface area (Å²) in [6.07, 6.45) is 2.73. The van der Waals surface area contributed by atoms with E-state index in [1.165, 1.54) is 18.5 Å². The summed E-state index contributed by atoms with van der Waals surface area (Å²) in [5.41, 5.74) is -0.968. The third-order valence-electron chi connectivity index (χ3n) is 1.51. The Bertz CT molecular complexity index is 374. The minimum absolute atomic E-state index is 0.399. The fourth-order valence-electron chi connectivity index (χ4n) is 0.904. The Labute approximate surface area is 79.6 Å². The Hall–Kier alpha value is -1.30. The van der Waals surface area contributed by atoms with Crippen molar-refractivity contribution in [3.8, 4) is 0 Å². The van der Waals surface area contributed by atoms with Gasteiger partial charge in [0.1, 0.15) is 0 Å². The molecule has 0 spiro atoms. The van der Waals surface area contributed by atoms with Gasteiger partial charge in [-0.1, -0.05) is 0 Å². The number of nitrogens with zero attached hydrogens (tertiary/aromatic N) is 2. The topological polar surface area (TPSA) is 65.1 Å². The third-order valence-corrected chi connectivity index (χ3v) is 1.71. The molecule has 0 saturated carbocycles. The van der Waals surface area contributed by atoms with Crippen LogP contribution in [0.2, 0.25) is 0 Å². The van der Waals surface area contributed by atoms with Crippen molar-refractivity contribution < 1.29 is 4.92 Å². The summed E-state index contributed by atoms with van der Waals surface area (Å²) in [5.74, 6) is 0.569. The molecule has 70 valence electrons. The molecule has 0 aliphatic rings. The zero-order chi connectivity index (χ0) is 9.84. The van der Waals surface area contributed by atoms with Gasteiger partial charge in [-0.05, 0) is 0 Å². The molecule has 1 aromatic heterocycles. The summed E-state index contributed by atoms with van der Waals surface area (Å²) < 4.78 is 1.56. The molecule has 0 aliphatic heterocycles. The number of aryl methyl sites for hydroxylation is 1. The number of thiol groups is 1. The minimum atomic E-state index is -0.683. The number of rotatable bonds is 3. The Morgan fingerprint density at radius 3 is 2.85 bits per heavy atom. The van der Waals surface area contributed by atoms with Crippen molar-refractivity contribution in [3.63, 3.8) is 0 Å². The standard InChI is InChI=1S/C7H8N2O3S/c10-7-1-2-8(3-4-13)5-6(7)9(11)12/h1-2,5,13H,3-4H2. The van der Waals surface area contributed by atoms with E-state index in [4.69, 9.17) is 0 Å². The Morgan fingerprint density at radius 2 is 2.31 bits per heavy atom. The average molecular weight is 200 g/mol. The highest BCUT2D eigenvalue weighted by Crippen LogP contribution is 2.02.